The first-order valence-corrected chi connectivity index (χ1v) is 10.5. The number of rotatable bonds is 5. The van der Waals surface area contributed by atoms with Crippen molar-refractivity contribution >= 4 is 68.8 Å². The SMILES string of the molecule is O=C(Nc1ccc(NC(=O)c2ccc([N+](=O)[O-])c3ncnc(O)c23)cc1)Nc1cc(Cl)ccc1Cl. The number of aromatic nitrogens is 2. The number of aromatic hydroxyl groups is 1. The maximum Gasteiger partial charge on any atom is 0.323 e. The van der Waals surface area contributed by atoms with E-state index in [1.807, 2.05) is 0 Å². The average Bonchev–Trinajstić information content (AvgIpc) is 2.82. The van der Waals surface area contributed by atoms with E-state index in [0.717, 1.165) is 12.4 Å². The molecule has 11 nitrogen and oxygen atoms in total. The molecular weight excluding hydrogens is 499 g/mol. The Morgan fingerprint density at radius 1 is 0.914 bits per heavy atom. The second-order valence-corrected chi connectivity index (χ2v) is 7.89. The van der Waals surface area contributed by atoms with E-state index in [1.165, 1.54) is 24.3 Å². The van der Waals surface area contributed by atoms with Crippen LogP contribution in [0.3, 0.4) is 0 Å². The van der Waals surface area contributed by atoms with Gasteiger partial charge in [0.2, 0.25) is 5.88 Å². The Morgan fingerprint density at radius 3 is 2.29 bits per heavy atom. The van der Waals surface area contributed by atoms with Crippen molar-refractivity contribution in [1.29, 1.82) is 0 Å². The van der Waals surface area contributed by atoms with Crippen molar-refractivity contribution in [3.05, 3.63) is 86.6 Å². The van der Waals surface area contributed by atoms with Crippen LogP contribution in [0.15, 0.2) is 60.9 Å². The lowest BCUT2D eigenvalue weighted by Crippen LogP contribution is -2.19. The van der Waals surface area contributed by atoms with Gasteiger partial charge in [-0.2, -0.15) is 0 Å². The van der Waals surface area contributed by atoms with Crippen molar-refractivity contribution in [2.75, 3.05) is 16.0 Å². The number of carbonyl (C=O) groups is 2. The number of benzene rings is 3. The monoisotopic (exact) mass is 512 g/mol. The fraction of sp³-hybridized carbons (Fsp3) is 0. The van der Waals surface area contributed by atoms with Crippen LogP contribution in [0.2, 0.25) is 10.0 Å². The lowest BCUT2D eigenvalue weighted by atomic mass is 10.1. The number of nitro groups is 1. The van der Waals surface area contributed by atoms with E-state index in [1.54, 1.807) is 24.3 Å². The molecule has 0 aliphatic carbocycles. The van der Waals surface area contributed by atoms with Crippen LogP contribution in [-0.4, -0.2) is 31.9 Å². The highest BCUT2D eigenvalue weighted by Crippen LogP contribution is 2.32. The van der Waals surface area contributed by atoms with Gasteiger partial charge in [-0.15, -0.1) is 0 Å². The largest absolute Gasteiger partial charge is 0.493 e. The van der Waals surface area contributed by atoms with E-state index < -0.39 is 22.7 Å². The molecule has 0 unspecified atom stereocenters. The van der Waals surface area contributed by atoms with Gasteiger partial charge in [0.05, 0.1) is 26.6 Å². The third-order valence-corrected chi connectivity index (χ3v) is 5.33. The predicted molar refractivity (Wildman–Crippen MR) is 131 cm³/mol. The van der Waals surface area contributed by atoms with E-state index in [-0.39, 0.29) is 22.2 Å². The van der Waals surface area contributed by atoms with Gasteiger partial charge in [0.25, 0.3) is 11.6 Å². The first-order chi connectivity index (χ1) is 16.7. The van der Waals surface area contributed by atoms with Gasteiger partial charge >= 0.3 is 6.03 Å². The van der Waals surface area contributed by atoms with E-state index in [4.69, 9.17) is 23.2 Å². The summed E-state index contributed by atoms with van der Waals surface area (Å²) in [6.45, 7) is 0. The summed E-state index contributed by atoms with van der Waals surface area (Å²) in [6, 6.07) is 12.6. The van der Waals surface area contributed by atoms with Crippen LogP contribution in [0.1, 0.15) is 10.4 Å². The van der Waals surface area contributed by atoms with Crippen molar-refractivity contribution in [2.45, 2.75) is 0 Å². The number of hydrogen-bond acceptors (Lipinski definition) is 7. The molecule has 4 rings (SSSR count). The molecule has 0 aliphatic heterocycles. The summed E-state index contributed by atoms with van der Waals surface area (Å²) >= 11 is 11.9. The summed E-state index contributed by atoms with van der Waals surface area (Å²) in [4.78, 5) is 43.1. The number of urea groups is 1. The molecule has 0 saturated carbocycles. The molecule has 0 atom stereocenters. The molecule has 13 heteroatoms. The van der Waals surface area contributed by atoms with Gasteiger partial charge in [-0.1, -0.05) is 23.2 Å². The van der Waals surface area contributed by atoms with Gasteiger partial charge in [0.1, 0.15) is 6.33 Å². The molecule has 1 heterocycles. The van der Waals surface area contributed by atoms with Crippen molar-refractivity contribution in [2.24, 2.45) is 0 Å². The van der Waals surface area contributed by atoms with Crippen LogP contribution in [0.4, 0.5) is 27.5 Å². The Labute approximate surface area is 206 Å². The van der Waals surface area contributed by atoms with Crippen molar-refractivity contribution < 1.29 is 19.6 Å². The second kappa shape index (κ2) is 9.79. The number of halogens is 2. The minimum Gasteiger partial charge on any atom is -0.493 e. The Hall–Kier alpha value is -4.48. The van der Waals surface area contributed by atoms with Crippen LogP contribution >= 0.6 is 23.2 Å². The Kier molecular flexibility index (Phi) is 6.62. The molecule has 4 aromatic rings. The molecule has 176 valence electrons. The van der Waals surface area contributed by atoms with Crippen LogP contribution in [0.5, 0.6) is 5.88 Å². The number of anilines is 3. The highest BCUT2D eigenvalue weighted by Gasteiger charge is 2.22. The van der Waals surface area contributed by atoms with E-state index in [2.05, 4.69) is 25.9 Å². The van der Waals surface area contributed by atoms with Gasteiger partial charge in [-0.3, -0.25) is 14.9 Å². The first kappa shape index (κ1) is 23.7. The minimum atomic E-state index is -0.668. The first-order valence-electron chi connectivity index (χ1n) is 9.78. The number of nitrogens with zero attached hydrogens (tertiary/aromatic N) is 3. The quantitative estimate of drug-likeness (QED) is 0.204. The van der Waals surface area contributed by atoms with Gasteiger partial charge in [0.15, 0.2) is 5.52 Å². The third-order valence-electron chi connectivity index (χ3n) is 4.77. The van der Waals surface area contributed by atoms with Crippen LogP contribution in [0, 0.1) is 10.1 Å². The topological polar surface area (TPSA) is 159 Å². The summed E-state index contributed by atoms with van der Waals surface area (Å²) < 4.78 is 0. The zero-order valence-corrected chi connectivity index (χ0v) is 19.0. The number of carbonyl (C=O) groups excluding carboxylic acids is 2. The Balaban J connectivity index is 1.48. The smallest absolute Gasteiger partial charge is 0.323 e. The minimum absolute atomic E-state index is 0.0521. The van der Waals surface area contributed by atoms with Gasteiger partial charge < -0.3 is 21.1 Å². The molecule has 0 spiro atoms. The Morgan fingerprint density at radius 2 is 1.60 bits per heavy atom. The number of nitro benzene ring substituents is 1. The lowest BCUT2D eigenvalue weighted by molar-refractivity contribution is -0.383. The molecular formula is C22H14Cl2N6O5. The number of nitrogens with one attached hydrogen (secondary N) is 3. The molecule has 35 heavy (non-hydrogen) atoms. The summed E-state index contributed by atoms with van der Waals surface area (Å²) in [5, 5.41) is 29.8. The molecule has 0 saturated heterocycles. The standard InChI is InChI=1S/C22H14Cl2N6O5/c23-11-1-7-15(24)16(9-11)29-22(33)28-13-4-2-12(3-5-13)27-20(31)14-6-8-17(30(34)35)19-18(14)21(32)26-10-25-19/h1-10H,(H,27,31)(H,25,26,32)(H2,28,29,33). The van der Waals surface area contributed by atoms with Gasteiger partial charge in [0, 0.05) is 22.5 Å². The number of amides is 3. The zero-order valence-electron chi connectivity index (χ0n) is 17.5. The van der Waals surface area contributed by atoms with Crippen molar-refractivity contribution in [1.82, 2.24) is 9.97 Å². The van der Waals surface area contributed by atoms with E-state index in [0.29, 0.717) is 27.1 Å². The second-order valence-electron chi connectivity index (χ2n) is 7.05. The van der Waals surface area contributed by atoms with Crippen molar-refractivity contribution in [3.8, 4) is 5.88 Å². The number of non-ortho nitro benzene ring substituents is 1. The Bertz CT molecular complexity index is 1480. The van der Waals surface area contributed by atoms with E-state index in [9.17, 15) is 24.8 Å². The molecule has 3 amide bonds. The molecule has 3 aromatic carbocycles. The maximum absolute atomic E-state index is 12.8. The van der Waals surface area contributed by atoms with Crippen molar-refractivity contribution in [3.63, 3.8) is 0 Å². The van der Waals surface area contributed by atoms with Gasteiger partial charge in [-0.05, 0) is 48.5 Å². The fourth-order valence-electron chi connectivity index (χ4n) is 3.19. The number of hydrogen-bond donors (Lipinski definition) is 4. The average molecular weight is 513 g/mol. The normalized spacial score (nSPS) is 10.6. The van der Waals surface area contributed by atoms with Crippen LogP contribution in [-0.2, 0) is 0 Å². The summed E-state index contributed by atoms with van der Waals surface area (Å²) in [5.74, 6) is -1.21. The summed E-state index contributed by atoms with van der Waals surface area (Å²) in [6.07, 6.45) is 0.967. The van der Waals surface area contributed by atoms with Crippen LogP contribution < -0.4 is 16.0 Å². The maximum atomic E-state index is 12.8. The lowest BCUT2D eigenvalue weighted by Gasteiger charge is -2.11. The molecule has 0 radical (unpaired) electrons. The number of fused-ring (bicyclic) bond motifs is 1. The van der Waals surface area contributed by atoms with E-state index >= 15 is 0 Å². The zero-order chi connectivity index (χ0) is 25.1. The molecule has 0 fully saturated rings. The predicted octanol–water partition coefficient (Wildman–Crippen LogP) is 5.45. The third kappa shape index (κ3) is 5.21. The summed E-state index contributed by atoms with van der Waals surface area (Å²) in [7, 11) is 0. The summed E-state index contributed by atoms with van der Waals surface area (Å²) in [5.41, 5.74) is 0.529. The van der Waals surface area contributed by atoms with Gasteiger partial charge in [-0.25, -0.2) is 14.8 Å². The molecule has 0 bridgehead atoms. The highest BCUT2D eigenvalue weighted by molar-refractivity contribution is 6.35. The highest BCUT2D eigenvalue weighted by atomic mass is 35.5. The molecule has 4 N–H and O–H groups in total. The van der Waals surface area contributed by atoms with Crippen LogP contribution in [0.25, 0.3) is 10.9 Å². The fourth-order valence-corrected chi connectivity index (χ4v) is 3.53. The molecule has 1 aromatic heterocycles. The molecule has 0 aliphatic rings.